The first-order valence-corrected chi connectivity index (χ1v) is 6.33. The summed E-state index contributed by atoms with van der Waals surface area (Å²) in [4.78, 5) is 13.3. The average molecular weight is 236 g/mol. The van der Waals surface area contributed by atoms with E-state index in [0.29, 0.717) is 12.0 Å². The van der Waals surface area contributed by atoms with Crippen molar-refractivity contribution in [1.82, 2.24) is 15.0 Å². The van der Waals surface area contributed by atoms with Crippen molar-refractivity contribution >= 4 is 27.5 Å². The predicted octanol–water partition coefficient (Wildman–Crippen LogP) is 3.03. The molecule has 5 heteroatoms. The Morgan fingerprint density at radius 3 is 2.56 bits per heavy atom. The highest BCUT2D eigenvalue weighted by molar-refractivity contribution is 7.17. The van der Waals surface area contributed by atoms with E-state index in [1.54, 1.807) is 11.3 Å². The van der Waals surface area contributed by atoms with Crippen molar-refractivity contribution in [2.75, 3.05) is 5.32 Å². The third-order valence-corrected chi connectivity index (χ3v) is 2.97. The summed E-state index contributed by atoms with van der Waals surface area (Å²) in [6.45, 7) is 8.38. The quantitative estimate of drug-likeness (QED) is 0.890. The molecule has 0 saturated heterocycles. The van der Waals surface area contributed by atoms with Crippen LogP contribution in [0.3, 0.4) is 0 Å². The molecule has 0 amide bonds. The van der Waals surface area contributed by atoms with Crippen LogP contribution in [0.15, 0.2) is 5.51 Å². The van der Waals surface area contributed by atoms with Gasteiger partial charge in [-0.25, -0.2) is 15.0 Å². The number of hydrogen-bond donors (Lipinski definition) is 1. The summed E-state index contributed by atoms with van der Waals surface area (Å²) in [5.74, 6) is 2.08. The minimum absolute atomic E-state index is 0.318. The fraction of sp³-hybridized carbons (Fsp3) is 0.545. The minimum Gasteiger partial charge on any atom is -0.367 e. The van der Waals surface area contributed by atoms with Crippen LogP contribution < -0.4 is 5.32 Å². The van der Waals surface area contributed by atoms with Gasteiger partial charge in [-0.2, -0.15) is 0 Å². The smallest absolute Gasteiger partial charge is 0.175 e. The number of nitrogens with zero attached hydrogens (tertiary/aromatic N) is 3. The van der Waals surface area contributed by atoms with Gasteiger partial charge < -0.3 is 5.32 Å². The maximum absolute atomic E-state index is 4.56. The maximum atomic E-state index is 4.56. The van der Waals surface area contributed by atoms with Crippen molar-refractivity contribution in [2.24, 2.45) is 0 Å². The lowest BCUT2D eigenvalue weighted by atomic mass is 10.2. The molecule has 0 aliphatic rings. The highest BCUT2D eigenvalue weighted by atomic mass is 32.1. The zero-order chi connectivity index (χ0) is 11.7. The van der Waals surface area contributed by atoms with E-state index in [0.717, 1.165) is 22.0 Å². The van der Waals surface area contributed by atoms with Gasteiger partial charge in [-0.1, -0.05) is 13.8 Å². The topological polar surface area (TPSA) is 50.7 Å². The van der Waals surface area contributed by atoms with Gasteiger partial charge in [0.25, 0.3) is 0 Å². The summed E-state index contributed by atoms with van der Waals surface area (Å²) in [6, 6.07) is 0.361. The first-order chi connectivity index (χ1) is 7.58. The molecule has 0 radical (unpaired) electrons. The van der Waals surface area contributed by atoms with E-state index < -0.39 is 0 Å². The molecule has 86 valence electrons. The number of anilines is 1. The van der Waals surface area contributed by atoms with Crippen LogP contribution in [0.5, 0.6) is 0 Å². The number of thiazole rings is 1. The SMILES string of the molecule is CC(C)Nc1nc(C(C)C)nc2ncsc12. The summed E-state index contributed by atoms with van der Waals surface area (Å²) in [5.41, 5.74) is 2.61. The Morgan fingerprint density at radius 2 is 1.94 bits per heavy atom. The molecule has 0 fully saturated rings. The summed E-state index contributed by atoms with van der Waals surface area (Å²) in [5, 5.41) is 3.35. The molecule has 4 nitrogen and oxygen atoms in total. The largest absolute Gasteiger partial charge is 0.367 e. The van der Waals surface area contributed by atoms with Gasteiger partial charge in [0.1, 0.15) is 16.3 Å². The minimum atomic E-state index is 0.318. The van der Waals surface area contributed by atoms with Gasteiger partial charge in [-0.05, 0) is 13.8 Å². The first kappa shape index (κ1) is 11.3. The number of nitrogens with one attached hydrogen (secondary N) is 1. The molecule has 2 rings (SSSR count). The van der Waals surface area contributed by atoms with Crippen LogP contribution in [0.1, 0.15) is 39.4 Å². The Balaban J connectivity index is 2.54. The molecule has 0 unspecified atom stereocenters. The second-order valence-corrected chi connectivity index (χ2v) is 5.24. The molecule has 0 bridgehead atoms. The van der Waals surface area contributed by atoms with Crippen LogP contribution in [-0.2, 0) is 0 Å². The number of aromatic nitrogens is 3. The maximum Gasteiger partial charge on any atom is 0.175 e. The normalized spacial score (nSPS) is 11.6. The van der Waals surface area contributed by atoms with Crippen LogP contribution in [0.25, 0.3) is 10.3 Å². The van der Waals surface area contributed by atoms with E-state index in [2.05, 4.69) is 48.0 Å². The van der Waals surface area contributed by atoms with Crippen molar-refractivity contribution in [1.29, 1.82) is 0 Å². The van der Waals surface area contributed by atoms with Crippen LogP contribution >= 0.6 is 11.3 Å². The number of hydrogen-bond acceptors (Lipinski definition) is 5. The van der Waals surface area contributed by atoms with Crippen molar-refractivity contribution in [3.8, 4) is 0 Å². The van der Waals surface area contributed by atoms with Gasteiger partial charge >= 0.3 is 0 Å². The fourth-order valence-electron chi connectivity index (χ4n) is 1.41. The molecule has 2 aromatic rings. The van der Waals surface area contributed by atoms with Crippen molar-refractivity contribution in [3.05, 3.63) is 11.3 Å². The fourth-order valence-corrected chi connectivity index (χ4v) is 2.09. The molecular formula is C11H16N4S. The van der Waals surface area contributed by atoms with E-state index in [-0.39, 0.29) is 0 Å². The Hall–Kier alpha value is -1.23. The predicted molar refractivity (Wildman–Crippen MR) is 68.1 cm³/mol. The van der Waals surface area contributed by atoms with E-state index in [1.807, 2.05) is 5.51 Å². The molecule has 2 heterocycles. The van der Waals surface area contributed by atoms with Gasteiger partial charge in [0, 0.05) is 12.0 Å². The molecule has 2 aromatic heterocycles. The van der Waals surface area contributed by atoms with E-state index >= 15 is 0 Å². The lowest BCUT2D eigenvalue weighted by Crippen LogP contribution is -2.12. The highest BCUT2D eigenvalue weighted by Crippen LogP contribution is 2.26. The van der Waals surface area contributed by atoms with Gasteiger partial charge in [0.15, 0.2) is 5.65 Å². The standard InChI is InChI=1S/C11H16N4S/c1-6(2)9-14-10-8(16-5-12-10)11(15-9)13-7(3)4/h5-7H,1-4H3,(H,13,14,15). The van der Waals surface area contributed by atoms with Gasteiger partial charge in [-0.3, -0.25) is 0 Å². The van der Waals surface area contributed by atoms with Crippen LogP contribution in [0, 0.1) is 0 Å². The lowest BCUT2D eigenvalue weighted by molar-refractivity contribution is 0.777. The molecular weight excluding hydrogens is 220 g/mol. The zero-order valence-electron chi connectivity index (χ0n) is 9.98. The second-order valence-electron chi connectivity index (χ2n) is 4.39. The average Bonchev–Trinajstić information content (AvgIpc) is 2.64. The second kappa shape index (κ2) is 4.33. The molecule has 0 aliphatic carbocycles. The zero-order valence-corrected chi connectivity index (χ0v) is 10.8. The van der Waals surface area contributed by atoms with E-state index in [9.17, 15) is 0 Å². The van der Waals surface area contributed by atoms with E-state index in [4.69, 9.17) is 0 Å². The molecule has 0 aliphatic heterocycles. The number of fused-ring (bicyclic) bond motifs is 1. The highest BCUT2D eigenvalue weighted by Gasteiger charge is 2.12. The molecule has 16 heavy (non-hydrogen) atoms. The van der Waals surface area contributed by atoms with Crippen LogP contribution in [-0.4, -0.2) is 21.0 Å². The first-order valence-electron chi connectivity index (χ1n) is 5.45. The summed E-state index contributed by atoms with van der Waals surface area (Å²) in [6.07, 6.45) is 0. The molecule has 0 spiro atoms. The van der Waals surface area contributed by atoms with Crippen molar-refractivity contribution in [3.63, 3.8) is 0 Å². The Morgan fingerprint density at radius 1 is 1.19 bits per heavy atom. The monoisotopic (exact) mass is 236 g/mol. The summed E-state index contributed by atoms with van der Waals surface area (Å²) in [7, 11) is 0. The summed E-state index contributed by atoms with van der Waals surface area (Å²) >= 11 is 1.58. The third-order valence-electron chi connectivity index (χ3n) is 2.15. The van der Waals surface area contributed by atoms with Crippen molar-refractivity contribution < 1.29 is 0 Å². The van der Waals surface area contributed by atoms with E-state index in [1.165, 1.54) is 0 Å². The van der Waals surface area contributed by atoms with Gasteiger partial charge in [0.2, 0.25) is 0 Å². The lowest BCUT2D eigenvalue weighted by Gasteiger charge is -2.11. The molecule has 0 atom stereocenters. The Labute approximate surface area is 99.2 Å². The van der Waals surface area contributed by atoms with Crippen LogP contribution in [0.2, 0.25) is 0 Å². The van der Waals surface area contributed by atoms with Crippen LogP contribution in [0.4, 0.5) is 5.82 Å². The Kier molecular flexibility index (Phi) is 3.05. The third kappa shape index (κ3) is 2.14. The number of rotatable bonds is 3. The van der Waals surface area contributed by atoms with Gasteiger partial charge in [-0.15, -0.1) is 11.3 Å². The van der Waals surface area contributed by atoms with Gasteiger partial charge in [0.05, 0.1) is 5.51 Å². The molecule has 1 N–H and O–H groups in total. The van der Waals surface area contributed by atoms with Crippen molar-refractivity contribution in [2.45, 2.75) is 39.7 Å². The summed E-state index contributed by atoms with van der Waals surface area (Å²) < 4.78 is 1.04. The molecule has 0 saturated carbocycles. The molecule has 0 aromatic carbocycles. The Bertz CT molecular complexity index is 490.